The molecule has 0 spiro atoms. The molecule has 0 atom stereocenters. The molecule has 5 nitrogen and oxygen atoms in total. The van der Waals surface area contributed by atoms with Crippen LogP contribution >= 0.6 is 0 Å². The first-order valence-electron chi connectivity index (χ1n) is 6.66. The molecule has 20 heavy (non-hydrogen) atoms. The van der Waals surface area contributed by atoms with Gasteiger partial charge in [0.15, 0.2) is 11.5 Å². The molecule has 1 aromatic heterocycles. The van der Waals surface area contributed by atoms with E-state index in [4.69, 9.17) is 9.47 Å². The monoisotopic (exact) mass is 273 g/mol. The number of anilines is 1. The fraction of sp³-hybridized carbons (Fsp3) is 0.333. The van der Waals surface area contributed by atoms with Crippen molar-refractivity contribution >= 4 is 5.82 Å². The molecule has 2 rings (SSSR count). The van der Waals surface area contributed by atoms with Gasteiger partial charge in [-0.1, -0.05) is 19.1 Å². The zero-order chi connectivity index (χ0) is 14.4. The van der Waals surface area contributed by atoms with Gasteiger partial charge >= 0.3 is 0 Å². The van der Waals surface area contributed by atoms with Gasteiger partial charge in [-0.2, -0.15) is 4.98 Å². The van der Waals surface area contributed by atoms with Crippen LogP contribution < -0.4 is 14.8 Å². The predicted octanol–water partition coefficient (Wildman–Crippen LogP) is 3.41. The fourth-order valence-corrected chi connectivity index (χ4v) is 1.70. The zero-order valence-electron chi connectivity index (χ0n) is 12.0. The third-order valence-electron chi connectivity index (χ3n) is 2.60. The summed E-state index contributed by atoms with van der Waals surface area (Å²) in [4.78, 5) is 8.50. The first-order chi connectivity index (χ1) is 9.72. The Balaban J connectivity index is 2.23. The van der Waals surface area contributed by atoms with Gasteiger partial charge in [0.25, 0.3) is 0 Å². The minimum absolute atomic E-state index is 0.495. The van der Waals surface area contributed by atoms with Crippen molar-refractivity contribution in [2.45, 2.75) is 20.3 Å². The smallest absolute Gasteiger partial charge is 0.224 e. The summed E-state index contributed by atoms with van der Waals surface area (Å²) in [5, 5.41) is 2.98. The average molecular weight is 273 g/mol. The number of hydrogen-bond acceptors (Lipinski definition) is 5. The Morgan fingerprint density at radius 1 is 1.15 bits per heavy atom. The topological polar surface area (TPSA) is 56.3 Å². The van der Waals surface area contributed by atoms with Crippen molar-refractivity contribution in [2.24, 2.45) is 0 Å². The Bertz CT molecular complexity index is 573. The van der Waals surface area contributed by atoms with Gasteiger partial charge in [-0.05, 0) is 25.5 Å². The number of hydrogen-bond donors (Lipinski definition) is 1. The Kier molecular flexibility index (Phi) is 4.76. The van der Waals surface area contributed by atoms with Crippen molar-refractivity contribution in [3.63, 3.8) is 0 Å². The molecule has 0 radical (unpaired) electrons. The van der Waals surface area contributed by atoms with Crippen LogP contribution in [0.3, 0.4) is 0 Å². The van der Waals surface area contributed by atoms with Gasteiger partial charge in [0.1, 0.15) is 11.6 Å². The van der Waals surface area contributed by atoms with Crippen molar-refractivity contribution in [3.05, 3.63) is 36.2 Å². The van der Waals surface area contributed by atoms with Gasteiger partial charge in [-0.25, -0.2) is 4.98 Å². The second kappa shape index (κ2) is 6.75. The lowest BCUT2D eigenvalue weighted by molar-refractivity contribution is 0.300. The van der Waals surface area contributed by atoms with Crippen LogP contribution in [0.2, 0.25) is 0 Å². The molecule has 5 heteroatoms. The molecule has 1 aromatic carbocycles. The summed E-state index contributed by atoms with van der Waals surface area (Å²) in [6.45, 7) is 4.55. The van der Waals surface area contributed by atoms with Crippen LogP contribution in [0.5, 0.6) is 17.4 Å². The van der Waals surface area contributed by atoms with Gasteiger partial charge < -0.3 is 14.8 Å². The van der Waals surface area contributed by atoms with E-state index in [-0.39, 0.29) is 0 Å². The van der Waals surface area contributed by atoms with Gasteiger partial charge in [-0.3, -0.25) is 0 Å². The van der Waals surface area contributed by atoms with Gasteiger partial charge in [0.2, 0.25) is 5.88 Å². The van der Waals surface area contributed by atoms with Crippen molar-refractivity contribution in [2.75, 3.05) is 19.0 Å². The van der Waals surface area contributed by atoms with Crippen LogP contribution in [-0.2, 0) is 0 Å². The molecule has 1 N–H and O–H groups in total. The number of para-hydroxylation sites is 2. The molecule has 0 unspecified atom stereocenters. The van der Waals surface area contributed by atoms with E-state index in [9.17, 15) is 0 Å². The molecular weight excluding hydrogens is 254 g/mol. The number of aryl methyl sites for hydroxylation is 1. The van der Waals surface area contributed by atoms with E-state index >= 15 is 0 Å². The fourth-order valence-electron chi connectivity index (χ4n) is 1.70. The molecule has 0 aliphatic rings. The van der Waals surface area contributed by atoms with E-state index in [1.54, 1.807) is 6.07 Å². The van der Waals surface area contributed by atoms with Gasteiger partial charge in [-0.15, -0.1) is 0 Å². The normalized spacial score (nSPS) is 10.2. The van der Waals surface area contributed by atoms with E-state index in [0.717, 1.165) is 18.0 Å². The number of benzene rings is 1. The van der Waals surface area contributed by atoms with E-state index in [2.05, 4.69) is 22.2 Å². The van der Waals surface area contributed by atoms with Crippen molar-refractivity contribution in [3.8, 4) is 17.4 Å². The number of nitrogens with one attached hydrogen (secondary N) is 1. The lowest BCUT2D eigenvalue weighted by Crippen LogP contribution is -2.00. The number of aromatic nitrogens is 2. The maximum atomic E-state index is 5.81. The molecule has 0 bridgehead atoms. The van der Waals surface area contributed by atoms with Crippen molar-refractivity contribution in [1.82, 2.24) is 9.97 Å². The SMILES string of the molecule is CCCOc1ccccc1Oc1cc(NC)nc(C)n1. The first-order valence-corrected chi connectivity index (χ1v) is 6.66. The summed E-state index contributed by atoms with van der Waals surface area (Å²) in [7, 11) is 1.81. The molecule has 1 heterocycles. The molecule has 0 saturated carbocycles. The minimum atomic E-state index is 0.495. The second-order valence-corrected chi connectivity index (χ2v) is 4.29. The second-order valence-electron chi connectivity index (χ2n) is 4.29. The highest BCUT2D eigenvalue weighted by molar-refractivity contribution is 5.44. The molecule has 0 saturated heterocycles. The number of nitrogens with zero attached hydrogens (tertiary/aromatic N) is 2. The van der Waals surface area contributed by atoms with E-state index in [0.29, 0.717) is 24.1 Å². The molecule has 0 aliphatic heterocycles. The van der Waals surface area contributed by atoms with Crippen LogP contribution in [0.15, 0.2) is 30.3 Å². The summed E-state index contributed by atoms with van der Waals surface area (Å²) in [5.74, 6) is 3.24. The van der Waals surface area contributed by atoms with Crippen LogP contribution in [-0.4, -0.2) is 23.6 Å². The van der Waals surface area contributed by atoms with Crippen LogP contribution in [0.4, 0.5) is 5.82 Å². The molecule has 2 aromatic rings. The molecule has 0 amide bonds. The van der Waals surface area contributed by atoms with Gasteiger partial charge in [0.05, 0.1) is 6.61 Å². The maximum Gasteiger partial charge on any atom is 0.224 e. The molecular formula is C15H19N3O2. The Hall–Kier alpha value is -2.30. The number of ether oxygens (including phenoxy) is 2. The van der Waals surface area contributed by atoms with E-state index < -0.39 is 0 Å². The largest absolute Gasteiger partial charge is 0.490 e. The lowest BCUT2D eigenvalue weighted by Gasteiger charge is -2.12. The summed E-state index contributed by atoms with van der Waals surface area (Å²) in [6, 6.07) is 9.33. The van der Waals surface area contributed by atoms with E-state index in [1.165, 1.54) is 0 Å². The first kappa shape index (κ1) is 14.1. The summed E-state index contributed by atoms with van der Waals surface area (Å²) in [6.07, 6.45) is 0.949. The standard InChI is InChI=1S/C15H19N3O2/c1-4-9-19-12-7-5-6-8-13(12)20-15-10-14(16-3)17-11(2)18-15/h5-8,10H,4,9H2,1-3H3,(H,16,17,18). The average Bonchev–Trinajstić information content (AvgIpc) is 2.45. The maximum absolute atomic E-state index is 5.81. The lowest BCUT2D eigenvalue weighted by atomic mass is 10.3. The highest BCUT2D eigenvalue weighted by Crippen LogP contribution is 2.31. The van der Waals surface area contributed by atoms with Crippen LogP contribution in [0.25, 0.3) is 0 Å². The minimum Gasteiger partial charge on any atom is -0.490 e. The summed E-state index contributed by atoms with van der Waals surface area (Å²) >= 11 is 0. The predicted molar refractivity (Wildman–Crippen MR) is 78.6 cm³/mol. The van der Waals surface area contributed by atoms with E-state index in [1.807, 2.05) is 38.2 Å². The molecule has 0 fully saturated rings. The Morgan fingerprint density at radius 3 is 2.60 bits per heavy atom. The number of rotatable bonds is 6. The van der Waals surface area contributed by atoms with Gasteiger partial charge in [0, 0.05) is 13.1 Å². The highest BCUT2D eigenvalue weighted by Gasteiger charge is 2.08. The highest BCUT2D eigenvalue weighted by atomic mass is 16.5. The van der Waals surface area contributed by atoms with Crippen LogP contribution in [0.1, 0.15) is 19.2 Å². The zero-order valence-corrected chi connectivity index (χ0v) is 12.0. The van der Waals surface area contributed by atoms with Crippen molar-refractivity contribution < 1.29 is 9.47 Å². The quantitative estimate of drug-likeness (QED) is 0.874. The third kappa shape index (κ3) is 3.60. The summed E-state index contributed by atoms with van der Waals surface area (Å²) in [5.41, 5.74) is 0. The Morgan fingerprint density at radius 2 is 1.90 bits per heavy atom. The third-order valence-corrected chi connectivity index (χ3v) is 2.60. The molecule has 106 valence electrons. The van der Waals surface area contributed by atoms with Crippen molar-refractivity contribution in [1.29, 1.82) is 0 Å². The van der Waals surface area contributed by atoms with Crippen LogP contribution in [0, 0.1) is 6.92 Å². The molecule has 0 aliphatic carbocycles. The Labute approximate surface area is 119 Å². The summed E-state index contributed by atoms with van der Waals surface area (Å²) < 4.78 is 11.5.